The number of fused-ring (bicyclic) bond motifs is 1. The molecule has 7 atom stereocenters. The molecule has 0 aromatic heterocycles. The molecule has 1 aromatic rings. The fourth-order valence-corrected chi connectivity index (χ4v) is 5.86. The molecule has 0 radical (unpaired) electrons. The highest BCUT2D eigenvalue weighted by atomic mass is 16.6. The van der Waals surface area contributed by atoms with Gasteiger partial charge >= 0.3 is 17.9 Å². The second kappa shape index (κ2) is 11.9. The zero-order valence-electron chi connectivity index (χ0n) is 23.6. The van der Waals surface area contributed by atoms with E-state index >= 15 is 0 Å². The molecule has 2 aliphatic carbocycles. The van der Waals surface area contributed by atoms with Gasteiger partial charge in [0.2, 0.25) is 0 Å². The monoisotopic (exact) mass is 540 g/mol. The maximum Gasteiger partial charge on any atom is 0.338 e. The number of hydrogen-bond donors (Lipinski definition) is 1. The molecule has 8 nitrogen and oxygen atoms in total. The van der Waals surface area contributed by atoms with Crippen LogP contribution in [-0.4, -0.2) is 52.7 Å². The third-order valence-corrected chi connectivity index (χ3v) is 7.89. The summed E-state index contributed by atoms with van der Waals surface area (Å²) in [6.07, 6.45) is 0.889. The van der Waals surface area contributed by atoms with Gasteiger partial charge in [-0.1, -0.05) is 50.8 Å². The Kier molecular flexibility index (Phi) is 9.21. The Morgan fingerprint density at radius 2 is 1.59 bits per heavy atom. The number of aliphatic hydroxyl groups is 1. The highest BCUT2D eigenvalue weighted by Crippen LogP contribution is 2.50. The molecule has 0 aliphatic heterocycles. The summed E-state index contributed by atoms with van der Waals surface area (Å²) >= 11 is 0. The van der Waals surface area contributed by atoms with E-state index in [1.54, 1.807) is 63.3 Å². The van der Waals surface area contributed by atoms with Gasteiger partial charge in [-0.05, 0) is 50.3 Å². The molecule has 2 aliphatic rings. The predicted molar refractivity (Wildman–Crippen MR) is 144 cm³/mol. The number of rotatable bonds is 4. The number of hydrogen-bond acceptors (Lipinski definition) is 8. The van der Waals surface area contributed by atoms with Crippen LogP contribution in [0.25, 0.3) is 0 Å². The molecule has 0 bridgehead atoms. The lowest BCUT2D eigenvalue weighted by atomic mass is 9.73. The fraction of sp³-hybridized carbons (Fsp3) is 0.548. The Morgan fingerprint density at radius 1 is 0.974 bits per heavy atom. The standard InChI is InChI=1S/C31H40O8/c1-18-13-14-24(34)30(6,7)16-15-19(2)28(38-22(5)33)31(36)17-20(3)27(25(31)26(18)37-21(4)32)39-29(35)23-11-9-8-10-12-23/h8-12,15-16,19-20,25-28,36H,1,13-14,17H2,2-7H3/b16-15+/t19-,20+,25+,26+,27+,28-,31-/m1/s1. The number of esters is 3. The van der Waals surface area contributed by atoms with Gasteiger partial charge in [-0.15, -0.1) is 0 Å². The Morgan fingerprint density at radius 3 is 2.18 bits per heavy atom. The maximum atomic E-state index is 13.2. The first-order valence-electron chi connectivity index (χ1n) is 13.4. The van der Waals surface area contributed by atoms with Crippen molar-refractivity contribution in [2.45, 2.75) is 84.7 Å². The van der Waals surface area contributed by atoms with Crippen molar-refractivity contribution in [3.05, 3.63) is 60.2 Å². The largest absolute Gasteiger partial charge is 0.459 e. The topological polar surface area (TPSA) is 116 Å². The van der Waals surface area contributed by atoms with Crippen LogP contribution in [0.4, 0.5) is 0 Å². The summed E-state index contributed by atoms with van der Waals surface area (Å²) in [4.78, 5) is 50.9. The van der Waals surface area contributed by atoms with Gasteiger partial charge in [-0.3, -0.25) is 14.4 Å². The summed E-state index contributed by atoms with van der Waals surface area (Å²) in [5, 5.41) is 12.5. The summed E-state index contributed by atoms with van der Waals surface area (Å²) in [5.41, 5.74) is -1.83. The molecule has 212 valence electrons. The van der Waals surface area contributed by atoms with Crippen molar-refractivity contribution in [3.63, 3.8) is 0 Å². The molecule has 0 unspecified atom stereocenters. The van der Waals surface area contributed by atoms with Gasteiger partial charge in [0.1, 0.15) is 29.7 Å². The molecule has 8 heteroatoms. The van der Waals surface area contributed by atoms with E-state index < -0.39 is 65.0 Å². The Labute approximate surface area is 230 Å². The van der Waals surface area contributed by atoms with Crippen LogP contribution in [0, 0.1) is 23.2 Å². The second-order valence-corrected chi connectivity index (χ2v) is 11.5. The number of ether oxygens (including phenoxy) is 3. The van der Waals surface area contributed by atoms with Crippen molar-refractivity contribution in [2.24, 2.45) is 23.2 Å². The third-order valence-electron chi connectivity index (χ3n) is 7.89. The van der Waals surface area contributed by atoms with Crippen LogP contribution in [0.2, 0.25) is 0 Å². The Hall–Kier alpha value is -3.26. The second-order valence-electron chi connectivity index (χ2n) is 11.5. The average Bonchev–Trinajstić information content (AvgIpc) is 3.11. The number of ketones is 1. The van der Waals surface area contributed by atoms with E-state index in [-0.39, 0.29) is 25.0 Å². The molecule has 0 spiro atoms. The van der Waals surface area contributed by atoms with Gasteiger partial charge < -0.3 is 19.3 Å². The van der Waals surface area contributed by atoms with Crippen LogP contribution in [0.15, 0.2) is 54.6 Å². The lowest BCUT2D eigenvalue weighted by molar-refractivity contribution is -0.190. The molecular formula is C31H40O8. The van der Waals surface area contributed by atoms with Gasteiger partial charge in [0.25, 0.3) is 0 Å². The minimum Gasteiger partial charge on any atom is -0.459 e. The van der Waals surface area contributed by atoms with E-state index in [1.165, 1.54) is 13.8 Å². The summed E-state index contributed by atoms with van der Waals surface area (Å²) in [6, 6.07) is 8.46. The average molecular weight is 541 g/mol. The summed E-state index contributed by atoms with van der Waals surface area (Å²) in [5.74, 6) is -3.79. The first-order chi connectivity index (χ1) is 18.2. The third kappa shape index (κ3) is 6.67. The quantitative estimate of drug-likeness (QED) is 0.335. The smallest absolute Gasteiger partial charge is 0.338 e. The van der Waals surface area contributed by atoms with E-state index in [1.807, 2.05) is 6.92 Å². The Balaban J connectivity index is 2.19. The van der Waals surface area contributed by atoms with Crippen molar-refractivity contribution >= 4 is 23.7 Å². The molecule has 39 heavy (non-hydrogen) atoms. The molecule has 0 saturated heterocycles. The van der Waals surface area contributed by atoms with Crippen LogP contribution >= 0.6 is 0 Å². The molecule has 0 heterocycles. The first kappa shape index (κ1) is 30.3. The van der Waals surface area contributed by atoms with Crippen LogP contribution in [-0.2, 0) is 28.6 Å². The van der Waals surface area contributed by atoms with E-state index in [9.17, 15) is 24.3 Å². The molecular weight excluding hydrogens is 500 g/mol. The lowest BCUT2D eigenvalue weighted by Gasteiger charge is -2.43. The number of carbonyl (C=O) groups is 4. The molecule has 1 aromatic carbocycles. The van der Waals surface area contributed by atoms with Crippen molar-refractivity contribution in [3.8, 4) is 0 Å². The molecule has 0 amide bonds. The summed E-state index contributed by atoms with van der Waals surface area (Å²) < 4.78 is 17.5. The minimum absolute atomic E-state index is 0.0413. The van der Waals surface area contributed by atoms with Crippen LogP contribution < -0.4 is 0 Å². The zero-order chi connectivity index (χ0) is 29.1. The van der Waals surface area contributed by atoms with Crippen LogP contribution in [0.5, 0.6) is 0 Å². The first-order valence-corrected chi connectivity index (χ1v) is 13.4. The van der Waals surface area contributed by atoms with Crippen molar-refractivity contribution in [1.82, 2.24) is 0 Å². The minimum atomic E-state index is -1.76. The number of allylic oxidation sites excluding steroid dienone is 1. The number of carbonyl (C=O) groups excluding carboxylic acids is 4. The zero-order valence-corrected chi connectivity index (χ0v) is 23.6. The van der Waals surface area contributed by atoms with E-state index in [4.69, 9.17) is 14.2 Å². The Bertz CT molecular complexity index is 1140. The van der Waals surface area contributed by atoms with Gasteiger partial charge in [-0.25, -0.2) is 4.79 Å². The maximum absolute atomic E-state index is 13.2. The molecule has 1 saturated carbocycles. The normalized spacial score (nSPS) is 33.6. The van der Waals surface area contributed by atoms with Crippen LogP contribution in [0.3, 0.4) is 0 Å². The van der Waals surface area contributed by atoms with E-state index in [0.29, 0.717) is 11.1 Å². The number of Topliss-reactive ketones (excluding diaryl/α,β-unsaturated/α-hetero) is 1. The van der Waals surface area contributed by atoms with Crippen molar-refractivity contribution in [2.75, 3.05) is 0 Å². The van der Waals surface area contributed by atoms with Gasteiger partial charge in [-0.2, -0.15) is 0 Å². The van der Waals surface area contributed by atoms with Gasteiger partial charge in [0.05, 0.1) is 11.5 Å². The predicted octanol–water partition coefficient (Wildman–Crippen LogP) is 4.60. The van der Waals surface area contributed by atoms with Crippen molar-refractivity contribution in [1.29, 1.82) is 0 Å². The highest BCUT2D eigenvalue weighted by Gasteiger charge is 2.62. The highest BCUT2D eigenvalue weighted by molar-refractivity contribution is 5.89. The number of benzene rings is 1. The summed E-state index contributed by atoms with van der Waals surface area (Å²) in [7, 11) is 0. The van der Waals surface area contributed by atoms with Crippen LogP contribution in [0.1, 0.15) is 71.2 Å². The fourth-order valence-electron chi connectivity index (χ4n) is 5.86. The molecule has 1 N–H and O–H groups in total. The SMILES string of the molecule is C=C1CCC(=O)C(C)(C)/C=C/[C@@H](C)[C@@H](OC(C)=O)[C@@]2(O)C[C@H](C)[C@H](OC(=O)c3ccccc3)[C@@H]2[C@H]1OC(C)=O. The van der Waals surface area contributed by atoms with E-state index in [2.05, 4.69) is 6.58 Å². The van der Waals surface area contributed by atoms with Gasteiger partial charge in [0.15, 0.2) is 0 Å². The molecule has 3 rings (SSSR count). The molecule has 1 fully saturated rings. The van der Waals surface area contributed by atoms with Crippen molar-refractivity contribution < 1.29 is 38.5 Å². The summed E-state index contributed by atoms with van der Waals surface area (Å²) in [6.45, 7) is 13.9. The van der Waals surface area contributed by atoms with Gasteiger partial charge in [0, 0.05) is 31.6 Å². The van der Waals surface area contributed by atoms with E-state index in [0.717, 1.165) is 0 Å². The lowest BCUT2D eigenvalue weighted by Crippen LogP contribution is -2.57.